The maximum Gasteiger partial charge on any atom is 0.150 e. The zero-order valence-electron chi connectivity index (χ0n) is 13.7. The number of anilines is 2. The first-order chi connectivity index (χ1) is 9.45. The minimum absolute atomic E-state index is 0.343. The minimum atomic E-state index is 0.343. The number of aromatic nitrogens is 2. The highest BCUT2D eigenvalue weighted by Gasteiger charge is 2.27. The Labute approximate surface area is 123 Å². The molecule has 1 aromatic rings. The van der Waals surface area contributed by atoms with Gasteiger partial charge in [-0.3, -0.25) is 0 Å². The lowest BCUT2D eigenvalue weighted by atomic mass is 9.84. The van der Waals surface area contributed by atoms with Crippen molar-refractivity contribution in [1.82, 2.24) is 9.78 Å². The molecule has 0 amide bonds. The van der Waals surface area contributed by atoms with Crippen molar-refractivity contribution in [3.05, 3.63) is 5.69 Å². The van der Waals surface area contributed by atoms with E-state index >= 15 is 0 Å². The molecule has 20 heavy (non-hydrogen) atoms. The fraction of sp³-hybridized carbons (Fsp3) is 0.812. The van der Waals surface area contributed by atoms with Crippen molar-refractivity contribution >= 4 is 11.5 Å². The third-order valence-electron chi connectivity index (χ3n) is 4.87. The lowest BCUT2D eigenvalue weighted by Gasteiger charge is -2.36. The summed E-state index contributed by atoms with van der Waals surface area (Å²) in [6.45, 7) is 8.64. The third kappa shape index (κ3) is 2.79. The fourth-order valence-corrected chi connectivity index (χ4v) is 3.37. The van der Waals surface area contributed by atoms with Gasteiger partial charge in [0.25, 0.3) is 0 Å². The summed E-state index contributed by atoms with van der Waals surface area (Å²) in [5, 5.41) is 4.61. The van der Waals surface area contributed by atoms with Crippen molar-refractivity contribution in [2.45, 2.75) is 71.9 Å². The van der Waals surface area contributed by atoms with E-state index in [9.17, 15) is 0 Å². The fourth-order valence-electron chi connectivity index (χ4n) is 3.37. The molecule has 0 aliphatic heterocycles. The quantitative estimate of drug-likeness (QED) is 0.912. The standard InChI is InChI=1S/C16H30N4/c1-6-13-7-9-14(10-8-13)19(5)16-15(17)12(4)18-20(16)11(2)3/h11,13-14H,6-10,17H2,1-5H3. The smallest absolute Gasteiger partial charge is 0.150 e. The van der Waals surface area contributed by atoms with E-state index < -0.39 is 0 Å². The zero-order chi connectivity index (χ0) is 14.9. The van der Waals surface area contributed by atoms with Gasteiger partial charge in [-0.2, -0.15) is 5.10 Å². The van der Waals surface area contributed by atoms with Crippen LogP contribution in [-0.2, 0) is 0 Å². The Morgan fingerprint density at radius 3 is 2.40 bits per heavy atom. The molecular weight excluding hydrogens is 248 g/mol. The van der Waals surface area contributed by atoms with E-state index in [4.69, 9.17) is 5.73 Å². The SMILES string of the molecule is CCC1CCC(N(C)c2c(N)c(C)nn2C(C)C)CC1. The summed E-state index contributed by atoms with van der Waals surface area (Å²) < 4.78 is 2.08. The summed E-state index contributed by atoms with van der Waals surface area (Å²) in [6.07, 6.45) is 6.57. The Morgan fingerprint density at radius 2 is 1.90 bits per heavy atom. The van der Waals surface area contributed by atoms with Crippen LogP contribution in [0.25, 0.3) is 0 Å². The van der Waals surface area contributed by atoms with Gasteiger partial charge in [-0.1, -0.05) is 13.3 Å². The molecule has 2 N–H and O–H groups in total. The van der Waals surface area contributed by atoms with Crippen molar-refractivity contribution < 1.29 is 0 Å². The Morgan fingerprint density at radius 1 is 1.30 bits per heavy atom. The summed E-state index contributed by atoms with van der Waals surface area (Å²) in [7, 11) is 2.18. The molecule has 1 aromatic heterocycles. The van der Waals surface area contributed by atoms with Crippen LogP contribution < -0.4 is 10.6 Å². The number of nitrogens with two attached hydrogens (primary N) is 1. The van der Waals surface area contributed by atoms with Crippen molar-refractivity contribution in [1.29, 1.82) is 0 Å². The Balaban J connectivity index is 2.19. The van der Waals surface area contributed by atoms with Crippen LogP contribution in [0.15, 0.2) is 0 Å². The van der Waals surface area contributed by atoms with Crippen LogP contribution in [0.3, 0.4) is 0 Å². The minimum Gasteiger partial charge on any atom is -0.394 e. The maximum absolute atomic E-state index is 6.28. The monoisotopic (exact) mass is 278 g/mol. The lowest BCUT2D eigenvalue weighted by Crippen LogP contribution is -2.37. The van der Waals surface area contributed by atoms with Crippen molar-refractivity contribution in [3.8, 4) is 0 Å². The summed E-state index contributed by atoms with van der Waals surface area (Å²) >= 11 is 0. The van der Waals surface area contributed by atoms with Gasteiger partial charge < -0.3 is 10.6 Å². The molecule has 1 fully saturated rings. The predicted molar refractivity (Wildman–Crippen MR) is 86.2 cm³/mol. The first-order valence-electron chi connectivity index (χ1n) is 8.03. The molecule has 1 aliphatic rings. The zero-order valence-corrected chi connectivity index (χ0v) is 13.7. The predicted octanol–water partition coefficient (Wildman–Crippen LogP) is 3.76. The molecule has 0 spiro atoms. The van der Waals surface area contributed by atoms with E-state index in [-0.39, 0.29) is 0 Å². The van der Waals surface area contributed by atoms with Crippen LogP contribution in [0.2, 0.25) is 0 Å². The summed E-state index contributed by atoms with van der Waals surface area (Å²) in [5.74, 6) is 2.03. The molecule has 4 nitrogen and oxygen atoms in total. The molecule has 2 rings (SSSR count). The second-order valence-electron chi connectivity index (χ2n) is 6.55. The van der Waals surface area contributed by atoms with Crippen LogP contribution in [0.1, 0.15) is 64.6 Å². The van der Waals surface area contributed by atoms with Crippen molar-refractivity contribution in [2.24, 2.45) is 5.92 Å². The van der Waals surface area contributed by atoms with E-state index in [1.54, 1.807) is 0 Å². The summed E-state index contributed by atoms with van der Waals surface area (Å²) in [5.41, 5.74) is 8.07. The second kappa shape index (κ2) is 6.06. The van der Waals surface area contributed by atoms with Gasteiger partial charge in [0.2, 0.25) is 0 Å². The normalized spacial score (nSPS) is 23.3. The summed E-state index contributed by atoms with van der Waals surface area (Å²) in [4.78, 5) is 2.38. The van der Waals surface area contributed by atoms with E-state index in [2.05, 4.69) is 42.5 Å². The first kappa shape index (κ1) is 15.2. The number of rotatable bonds is 4. The average molecular weight is 278 g/mol. The Hall–Kier alpha value is -1.19. The molecule has 1 heterocycles. The second-order valence-corrected chi connectivity index (χ2v) is 6.55. The van der Waals surface area contributed by atoms with Crippen LogP contribution >= 0.6 is 0 Å². The third-order valence-corrected chi connectivity index (χ3v) is 4.87. The molecule has 0 bridgehead atoms. The topological polar surface area (TPSA) is 47.1 Å². The van der Waals surface area contributed by atoms with Crippen LogP contribution in [0.4, 0.5) is 11.5 Å². The van der Waals surface area contributed by atoms with Crippen LogP contribution in [0, 0.1) is 12.8 Å². The van der Waals surface area contributed by atoms with Gasteiger partial charge >= 0.3 is 0 Å². The van der Waals surface area contributed by atoms with Gasteiger partial charge in [-0.15, -0.1) is 0 Å². The van der Waals surface area contributed by atoms with Gasteiger partial charge in [0, 0.05) is 19.1 Å². The molecule has 0 unspecified atom stereocenters. The highest BCUT2D eigenvalue weighted by atomic mass is 15.4. The summed E-state index contributed by atoms with van der Waals surface area (Å²) in [6, 6.07) is 0.948. The Bertz CT molecular complexity index is 442. The highest BCUT2D eigenvalue weighted by Crippen LogP contribution is 2.35. The molecule has 1 saturated carbocycles. The molecule has 0 atom stereocenters. The largest absolute Gasteiger partial charge is 0.394 e. The number of hydrogen-bond acceptors (Lipinski definition) is 3. The number of aryl methyl sites for hydroxylation is 1. The highest BCUT2D eigenvalue weighted by molar-refractivity contribution is 5.66. The molecule has 114 valence electrons. The number of nitrogens with zero attached hydrogens (tertiary/aromatic N) is 3. The van der Waals surface area contributed by atoms with Gasteiger partial charge in [0.05, 0.1) is 11.4 Å². The van der Waals surface area contributed by atoms with Crippen molar-refractivity contribution in [3.63, 3.8) is 0 Å². The van der Waals surface area contributed by atoms with Gasteiger partial charge in [-0.25, -0.2) is 4.68 Å². The molecule has 0 saturated heterocycles. The van der Waals surface area contributed by atoms with Gasteiger partial charge in [0.15, 0.2) is 5.82 Å². The van der Waals surface area contributed by atoms with E-state index in [1.165, 1.54) is 32.1 Å². The maximum atomic E-state index is 6.28. The van der Waals surface area contributed by atoms with E-state index in [1.807, 2.05) is 6.92 Å². The van der Waals surface area contributed by atoms with E-state index in [0.717, 1.165) is 23.1 Å². The molecule has 1 aliphatic carbocycles. The average Bonchev–Trinajstić information content (AvgIpc) is 2.74. The van der Waals surface area contributed by atoms with Gasteiger partial charge in [0.1, 0.15) is 0 Å². The van der Waals surface area contributed by atoms with Gasteiger partial charge in [-0.05, 0) is 52.4 Å². The molecule has 4 heteroatoms. The molecular formula is C16H30N4. The lowest BCUT2D eigenvalue weighted by molar-refractivity contribution is 0.311. The van der Waals surface area contributed by atoms with E-state index in [0.29, 0.717) is 12.1 Å². The molecule has 0 aromatic carbocycles. The molecule has 0 radical (unpaired) electrons. The number of hydrogen-bond donors (Lipinski definition) is 1. The number of nitrogen functional groups attached to an aromatic ring is 1. The van der Waals surface area contributed by atoms with Crippen LogP contribution in [-0.4, -0.2) is 22.9 Å². The van der Waals surface area contributed by atoms with Crippen LogP contribution in [0.5, 0.6) is 0 Å². The Kier molecular flexibility index (Phi) is 4.61. The van der Waals surface area contributed by atoms with Crippen molar-refractivity contribution in [2.75, 3.05) is 17.7 Å². The first-order valence-corrected chi connectivity index (χ1v) is 8.03.